The number of hydrogen-bond donors (Lipinski definition) is 0. The molecule has 3 heteroatoms. The maximum Gasteiger partial charge on any atom is -0.00120 e. The molecule has 0 bridgehead atoms. The second-order valence-electron chi connectivity index (χ2n) is 0.440. The smallest absolute Gasteiger partial charge is 0.00120 e. The van der Waals surface area contributed by atoms with Crippen molar-refractivity contribution in [2.24, 2.45) is 0 Å². The molecule has 0 spiro atoms. The lowest BCUT2D eigenvalue weighted by atomic mass is 12.0. The summed E-state index contributed by atoms with van der Waals surface area (Å²) in [5.74, 6) is 0. The first kappa shape index (κ1) is 5.66. The molecule has 0 fully saturated rings. The maximum atomic E-state index is 3.81. The van der Waals surface area contributed by atoms with Crippen molar-refractivity contribution in [3.05, 3.63) is 0 Å². The van der Waals surface area contributed by atoms with E-state index >= 15 is 0 Å². The zero-order valence-corrected chi connectivity index (χ0v) is 4.90. The van der Waals surface area contributed by atoms with Crippen LogP contribution in [-0.4, -0.2) is 12.5 Å². The van der Waals surface area contributed by atoms with Crippen LogP contribution in [0.2, 0.25) is 0 Å². The molecule has 1 radical (unpaired) electrons. The Morgan fingerprint density at radius 1 is 1.20 bits per heavy atom. The minimum Gasteiger partial charge on any atom is -0.108 e. The zero-order valence-electron chi connectivity index (χ0n) is 3.26. The Morgan fingerprint density at radius 2 is 1.60 bits per heavy atom. The Balaban J connectivity index is 2.19. The van der Waals surface area contributed by atoms with Crippen LogP contribution in [0.25, 0.3) is 0 Å². The Bertz CT molecular complexity index is 15.1. The van der Waals surface area contributed by atoms with Crippen molar-refractivity contribution in [2.75, 3.05) is 12.5 Å². The minimum atomic E-state index is 1.49. The molecule has 0 unspecified atom stereocenters. The van der Waals surface area contributed by atoms with Gasteiger partial charge in [-0.1, -0.05) is 23.9 Å². The lowest BCUT2D eigenvalue weighted by Crippen LogP contribution is -1.69. The molecular weight excluding hydrogens is 102 g/mol. The first-order valence-electron chi connectivity index (χ1n) is 1.18. The number of rotatable bonds is 2. The van der Waals surface area contributed by atoms with Crippen LogP contribution in [0.5, 0.6) is 0 Å². The fourth-order valence-corrected chi connectivity index (χ4v) is 0.671. The second kappa shape index (κ2) is 4.66. The molecule has 5 heavy (non-hydrogen) atoms. The van der Waals surface area contributed by atoms with Crippen LogP contribution >= 0.6 is 23.9 Å². The summed E-state index contributed by atoms with van der Waals surface area (Å²) in [7, 11) is 0. The van der Waals surface area contributed by atoms with Crippen molar-refractivity contribution in [1.29, 1.82) is 0 Å². The van der Waals surface area contributed by atoms with Gasteiger partial charge < -0.3 is 0 Å². The van der Waals surface area contributed by atoms with E-state index in [1.807, 2.05) is 12.5 Å². The predicted molar refractivity (Wildman–Crippen MR) is 29.2 cm³/mol. The van der Waals surface area contributed by atoms with Gasteiger partial charge in [0, 0.05) is 0 Å². The van der Waals surface area contributed by atoms with Gasteiger partial charge >= 0.3 is 0 Å². The molecule has 0 aromatic heterocycles. The maximum absolute atomic E-state index is 3.81. The summed E-state index contributed by atoms with van der Waals surface area (Å²) in [6, 6.07) is 0. The molecule has 0 amide bonds. The van der Waals surface area contributed by atoms with Gasteiger partial charge in [0.2, 0.25) is 0 Å². The third-order valence-electron chi connectivity index (χ3n) is 0.149. The van der Waals surface area contributed by atoms with E-state index in [1.165, 1.54) is 23.9 Å². The van der Waals surface area contributed by atoms with Gasteiger partial charge in [0.25, 0.3) is 0 Å². The van der Waals surface area contributed by atoms with E-state index < -0.39 is 0 Å². The van der Waals surface area contributed by atoms with E-state index in [4.69, 9.17) is 0 Å². The van der Waals surface area contributed by atoms with Gasteiger partial charge in [-0.25, -0.2) is 0 Å². The predicted octanol–water partition coefficient (Wildman–Crippen LogP) is 1.15. The largest absolute Gasteiger partial charge is 0.108 e. The fraction of sp³-hybridized carbons (Fsp3) is 1.00. The summed E-state index contributed by atoms with van der Waals surface area (Å²) >= 11 is 2.98. The van der Waals surface area contributed by atoms with E-state index in [2.05, 4.69) is 4.13 Å². The van der Waals surface area contributed by atoms with Crippen LogP contribution in [0.1, 0.15) is 0 Å². The Labute approximate surface area is 41.2 Å². The third-order valence-corrected chi connectivity index (χ3v) is 1.34. The van der Waals surface area contributed by atoms with Gasteiger partial charge in [0.05, 0.1) is 0 Å². The van der Waals surface area contributed by atoms with Gasteiger partial charge in [-0.2, -0.15) is 0 Å². The van der Waals surface area contributed by atoms with Crippen LogP contribution in [0.4, 0.5) is 0 Å². The summed E-state index contributed by atoms with van der Waals surface area (Å²) < 4.78 is 3.81. The van der Waals surface area contributed by atoms with E-state index in [0.29, 0.717) is 0 Å². The third kappa shape index (κ3) is 4.66. The van der Waals surface area contributed by atoms with Crippen LogP contribution in [0.15, 0.2) is 0 Å². The second-order valence-corrected chi connectivity index (χ2v) is 1.77. The molecule has 31 valence electrons. The summed E-state index contributed by atoms with van der Waals surface area (Å²) in [5, 5.41) is 0. The molecule has 0 aliphatic rings. The molecule has 0 aromatic carbocycles. The van der Waals surface area contributed by atoms with Crippen molar-refractivity contribution in [3.63, 3.8) is 0 Å². The molecule has 0 saturated heterocycles. The molecule has 0 aliphatic carbocycles. The number of hydrogen-bond acceptors (Lipinski definition) is 2. The van der Waals surface area contributed by atoms with E-state index in [-0.39, 0.29) is 0 Å². The standard InChI is InChI=1S/C2H6NS2/c1-4-3-5-2/h1-2H3. The van der Waals surface area contributed by atoms with Gasteiger partial charge in [-0.15, -0.1) is 4.13 Å². The van der Waals surface area contributed by atoms with Crippen molar-refractivity contribution >= 4 is 23.9 Å². The van der Waals surface area contributed by atoms with Crippen LogP contribution in [0.3, 0.4) is 0 Å². The van der Waals surface area contributed by atoms with E-state index in [1.54, 1.807) is 0 Å². The SMILES string of the molecule is CS[N]SC. The molecular formula is C2H6NS2. The van der Waals surface area contributed by atoms with E-state index in [9.17, 15) is 0 Å². The lowest BCUT2D eigenvalue weighted by molar-refractivity contribution is 1.73. The Kier molecular flexibility index (Phi) is 5.28. The van der Waals surface area contributed by atoms with Crippen LogP contribution in [-0.2, 0) is 0 Å². The first-order chi connectivity index (χ1) is 2.41. The summed E-state index contributed by atoms with van der Waals surface area (Å²) in [4.78, 5) is 0. The van der Waals surface area contributed by atoms with Crippen molar-refractivity contribution < 1.29 is 0 Å². The summed E-state index contributed by atoms with van der Waals surface area (Å²) in [5.41, 5.74) is 0. The van der Waals surface area contributed by atoms with Crippen LogP contribution in [0, 0.1) is 0 Å². The fourth-order valence-electron chi connectivity index (χ4n) is 0.0745. The minimum absolute atomic E-state index is 1.49. The van der Waals surface area contributed by atoms with Crippen molar-refractivity contribution in [2.45, 2.75) is 0 Å². The number of nitrogens with zero attached hydrogens (tertiary/aromatic N) is 1. The highest BCUT2D eigenvalue weighted by Crippen LogP contribution is 1.94. The first-order valence-corrected chi connectivity index (χ1v) is 3.54. The van der Waals surface area contributed by atoms with Gasteiger partial charge in [0.15, 0.2) is 0 Å². The highest BCUT2D eigenvalue weighted by atomic mass is 32.2. The van der Waals surface area contributed by atoms with Gasteiger partial charge in [0.1, 0.15) is 0 Å². The summed E-state index contributed by atoms with van der Waals surface area (Å²) in [6.07, 6.45) is 3.88. The molecule has 0 rings (SSSR count). The van der Waals surface area contributed by atoms with Crippen molar-refractivity contribution in [1.82, 2.24) is 4.13 Å². The molecule has 0 heterocycles. The quantitative estimate of drug-likeness (QED) is 0.492. The van der Waals surface area contributed by atoms with Gasteiger partial charge in [-0.05, 0) is 12.5 Å². The zero-order chi connectivity index (χ0) is 4.12. The summed E-state index contributed by atoms with van der Waals surface area (Å²) in [6.45, 7) is 0. The molecule has 0 N–H and O–H groups in total. The van der Waals surface area contributed by atoms with Crippen LogP contribution < -0.4 is 4.13 Å². The lowest BCUT2D eigenvalue weighted by Gasteiger charge is -1.79. The molecule has 1 nitrogen and oxygen atoms in total. The Hall–Kier alpha value is 0.660. The molecule has 0 atom stereocenters. The topological polar surface area (TPSA) is 14.1 Å². The van der Waals surface area contributed by atoms with E-state index in [0.717, 1.165) is 0 Å². The molecule has 0 saturated carbocycles. The molecule has 0 aliphatic heterocycles. The van der Waals surface area contributed by atoms with Gasteiger partial charge in [-0.3, -0.25) is 0 Å². The highest BCUT2D eigenvalue weighted by molar-refractivity contribution is 8.11. The average Bonchev–Trinajstić information content (AvgIpc) is 1.41. The molecule has 0 aromatic rings. The monoisotopic (exact) mass is 108 g/mol. The Morgan fingerprint density at radius 3 is 1.60 bits per heavy atom. The normalized spacial score (nSPS) is 8.40. The van der Waals surface area contributed by atoms with Crippen molar-refractivity contribution in [3.8, 4) is 0 Å². The highest BCUT2D eigenvalue weighted by Gasteiger charge is 1.67. The average molecular weight is 108 g/mol.